The van der Waals surface area contributed by atoms with Gasteiger partial charge >= 0.3 is 0 Å². The van der Waals surface area contributed by atoms with E-state index >= 15 is 0 Å². The number of carbonyl (C=O) groups is 1. The van der Waals surface area contributed by atoms with E-state index in [0.29, 0.717) is 13.0 Å². The number of nitrogens with one attached hydrogen (secondary N) is 1. The molecule has 0 aromatic heterocycles. The van der Waals surface area contributed by atoms with Crippen LogP contribution in [0.2, 0.25) is 0 Å². The van der Waals surface area contributed by atoms with Crippen LogP contribution < -0.4 is 15.8 Å². The quantitative estimate of drug-likeness (QED) is 0.689. The minimum Gasteiger partial charge on any atom is -0.491 e. The molecule has 0 radical (unpaired) electrons. The summed E-state index contributed by atoms with van der Waals surface area (Å²) in [4.78, 5) is 11.9. The lowest BCUT2D eigenvalue weighted by Gasteiger charge is -2.31. The summed E-state index contributed by atoms with van der Waals surface area (Å²) in [6.45, 7) is 4.54. The van der Waals surface area contributed by atoms with Gasteiger partial charge in [0.05, 0.1) is 12.1 Å². The normalized spacial score (nSPS) is 11.3. The summed E-state index contributed by atoms with van der Waals surface area (Å²) in [7, 11) is 0. The first-order valence-electron chi connectivity index (χ1n) is 7.55. The number of hydrogen-bond donors (Lipinski definition) is 2. The summed E-state index contributed by atoms with van der Waals surface area (Å²) in [5, 5.41) is 2.95. The van der Waals surface area contributed by atoms with Crippen molar-refractivity contribution in [2.75, 3.05) is 13.2 Å². The number of amides is 1. The van der Waals surface area contributed by atoms with Gasteiger partial charge in [0.25, 0.3) is 0 Å². The van der Waals surface area contributed by atoms with Crippen LogP contribution in [0.3, 0.4) is 0 Å². The Morgan fingerprint density at radius 1 is 1.32 bits per heavy atom. The van der Waals surface area contributed by atoms with Gasteiger partial charge < -0.3 is 15.8 Å². The molecular formula is C16H24F2N2O2. The van der Waals surface area contributed by atoms with Crippen molar-refractivity contribution in [1.82, 2.24) is 5.32 Å². The maximum atomic E-state index is 13.3. The highest BCUT2D eigenvalue weighted by molar-refractivity contribution is 5.76. The zero-order chi connectivity index (χ0) is 16.6. The number of carbonyl (C=O) groups excluding carboxylic acids is 1. The van der Waals surface area contributed by atoms with Crippen LogP contribution in [0.1, 0.15) is 39.5 Å². The van der Waals surface area contributed by atoms with Gasteiger partial charge in [-0.05, 0) is 31.4 Å². The molecule has 124 valence electrons. The van der Waals surface area contributed by atoms with Gasteiger partial charge in [-0.2, -0.15) is 0 Å². The van der Waals surface area contributed by atoms with Crippen molar-refractivity contribution in [2.24, 2.45) is 5.73 Å². The molecule has 0 fully saturated rings. The Bertz CT molecular complexity index is 483. The van der Waals surface area contributed by atoms with Crippen LogP contribution in [0.4, 0.5) is 8.78 Å². The molecule has 0 aliphatic carbocycles. The first kappa shape index (κ1) is 18.4. The molecule has 0 bridgehead atoms. The molecule has 0 aliphatic rings. The number of hydrogen-bond acceptors (Lipinski definition) is 3. The van der Waals surface area contributed by atoms with Crippen LogP contribution in [0.5, 0.6) is 5.75 Å². The summed E-state index contributed by atoms with van der Waals surface area (Å²) in [5.74, 6) is -1.51. The molecule has 0 unspecified atom stereocenters. The van der Waals surface area contributed by atoms with E-state index in [1.807, 2.05) is 13.8 Å². The van der Waals surface area contributed by atoms with Gasteiger partial charge in [0.1, 0.15) is 5.82 Å². The smallest absolute Gasteiger partial charge is 0.220 e. The van der Waals surface area contributed by atoms with Crippen molar-refractivity contribution in [3.05, 3.63) is 29.8 Å². The molecule has 0 aliphatic heterocycles. The zero-order valence-corrected chi connectivity index (χ0v) is 13.1. The molecule has 1 aromatic rings. The van der Waals surface area contributed by atoms with Crippen LogP contribution in [0, 0.1) is 11.6 Å². The van der Waals surface area contributed by atoms with E-state index < -0.39 is 11.6 Å². The minimum absolute atomic E-state index is 0.0137. The highest BCUT2D eigenvalue weighted by atomic mass is 19.1. The second-order valence-electron chi connectivity index (χ2n) is 5.27. The third-order valence-electron chi connectivity index (χ3n) is 3.85. The molecule has 0 saturated carbocycles. The van der Waals surface area contributed by atoms with E-state index in [0.717, 1.165) is 25.0 Å². The average molecular weight is 314 g/mol. The van der Waals surface area contributed by atoms with Crippen molar-refractivity contribution in [3.8, 4) is 5.75 Å². The van der Waals surface area contributed by atoms with Crippen LogP contribution in [-0.2, 0) is 4.79 Å². The Balaban J connectivity index is 2.36. The molecule has 3 N–H and O–H groups in total. The Morgan fingerprint density at radius 2 is 2.00 bits per heavy atom. The number of halogens is 2. The SMILES string of the molecule is CCC(CC)(CN)NC(=O)CCCOc1ccc(F)cc1F. The van der Waals surface area contributed by atoms with E-state index in [1.165, 1.54) is 6.07 Å². The lowest BCUT2D eigenvalue weighted by atomic mass is 9.92. The van der Waals surface area contributed by atoms with E-state index in [2.05, 4.69) is 5.32 Å². The lowest BCUT2D eigenvalue weighted by molar-refractivity contribution is -0.123. The third kappa shape index (κ3) is 5.26. The van der Waals surface area contributed by atoms with Crippen LogP contribution in [0.25, 0.3) is 0 Å². The first-order valence-corrected chi connectivity index (χ1v) is 7.55. The molecule has 4 nitrogen and oxygen atoms in total. The Kier molecular flexibility index (Phi) is 7.24. The summed E-state index contributed by atoms with van der Waals surface area (Å²) in [6.07, 6.45) is 2.24. The highest BCUT2D eigenvalue weighted by Crippen LogP contribution is 2.18. The lowest BCUT2D eigenvalue weighted by Crippen LogP contribution is -2.52. The fourth-order valence-corrected chi connectivity index (χ4v) is 2.13. The Labute approximate surface area is 130 Å². The molecule has 22 heavy (non-hydrogen) atoms. The minimum atomic E-state index is -0.747. The molecule has 1 amide bonds. The maximum Gasteiger partial charge on any atom is 0.220 e. The number of ether oxygens (including phenoxy) is 1. The Hall–Kier alpha value is -1.69. The van der Waals surface area contributed by atoms with Crippen molar-refractivity contribution in [2.45, 2.75) is 45.1 Å². The highest BCUT2D eigenvalue weighted by Gasteiger charge is 2.25. The van der Waals surface area contributed by atoms with Gasteiger partial charge in [-0.3, -0.25) is 4.79 Å². The maximum absolute atomic E-state index is 13.3. The fourth-order valence-electron chi connectivity index (χ4n) is 2.13. The molecule has 1 aromatic carbocycles. The van der Waals surface area contributed by atoms with Gasteiger partial charge in [0.2, 0.25) is 5.91 Å². The van der Waals surface area contributed by atoms with Crippen LogP contribution in [0.15, 0.2) is 18.2 Å². The molecule has 6 heteroatoms. The molecule has 1 rings (SSSR count). The van der Waals surface area contributed by atoms with Crippen molar-refractivity contribution < 1.29 is 18.3 Å². The fraction of sp³-hybridized carbons (Fsp3) is 0.562. The number of rotatable bonds is 9. The zero-order valence-electron chi connectivity index (χ0n) is 13.1. The van der Waals surface area contributed by atoms with Gasteiger partial charge in [0.15, 0.2) is 11.6 Å². The van der Waals surface area contributed by atoms with Crippen molar-refractivity contribution in [1.29, 1.82) is 0 Å². The largest absolute Gasteiger partial charge is 0.491 e. The predicted molar refractivity (Wildman–Crippen MR) is 81.6 cm³/mol. The van der Waals surface area contributed by atoms with Gasteiger partial charge in [-0.15, -0.1) is 0 Å². The summed E-state index contributed by atoms with van der Waals surface area (Å²) >= 11 is 0. The summed E-state index contributed by atoms with van der Waals surface area (Å²) in [5.41, 5.74) is 5.36. The Morgan fingerprint density at radius 3 is 2.55 bits per heavy atom. The van der Waals surface area contributed by atoms with E-state index in [1.54, 1.807) is 0 Å². The van der Waals surface area contributed by atoms with Crippen LogP contribution in [-0.4, -0.2) is 24.6 Å². The summed E-state index contributed by atoms with van der Waals surface area (Å²) in [6, 6.07) is 3.13. The van der Waals surface area contributed by atoms with Gasteiger partial charge in [-0.25, -0.2) is 8.78 Å². The second-order valence-corrected chi connectivity index (χ2v) is 5.27. The van der Waals surface area contributed by atoms with Gasteiger partial charge in [0, 0.05) is 19.0 Å². The first-order chi connectivity index (χ1) is 10.5. The topological polar surface area (TPSA) is 64.3 Å². The summed E-state index contributed by atoms with van der Waals surface area (Å²) < 4.78 is 31.3. The van der Waals surface area contributed by atoms with Crippen molar-refractivity contribution >= 4 is 5.91 Å². The molecule has 0 heterocycles. The number of nitrogens with two attached hydrogens (primary N) is 1. The predicted octanol–water partition coefficient (Wildman–Crippen LogP) is 2.76. The molecule has 0 spiro atoms. The van der Waals surface area contributed by atoms with Crippen molar-refractivity contribution in [3.63, 3.8) is 0 Å². The van der Waals surface area contributed by atoms with Gasteiger partial charge in [-0.1, -0.05) is 13.8 Å². The van der Waals surface area contributed by atoms with Crippen LogP contribution >= 0.6 is 0 Å². The van der Waals surface area contributed by atoms with E-state index in [4.69, 9.17) is 10.5 Å². The standard InChI is InChI=1S/C16H24F2N2O2/c1-3-16(4-2,11-19)20-15(21)6-5-9-22-14-8-7-12(17)10-13(14)18/h7-8,10H,3-6,9,11,19H2,1-2H3,(H,20,21). The second kappa shape index (κ2) is 8.68. The van der Waals surface area contributed by atoms with E-state index in [9.17, 15) is 13.6 Å². The molecular weight excluding hydrogens is 290 g/mol. The third-order valence-corrected chi connectivity index (χ3v) is 3.85. The van der Waals surface area contributed by atoms with E-state index in [-0.39, 0.29) is 30.2 Å². The molecule has 0 atom stereocenters. The molecule has 0 saturated heterocycles. The number of benzene rings is 1. The monoisotopic (exact) mass is 314 g/mol. The average Bonchev–Trinajstić information content (AvgIpc) is 2.51.